The minimum atomic E-state index is -0.535. The lowest BCUT2D eigenvalue weighted by Gasteiger charge is -2.11. The minimum absolute atomic E-state index is 0.206. The number of aromatic nitrogens is 1. The quantitative estimate of drug-likeness (QED) is 0.629. The van der Waals surface area contributed by atoms with E-state index in [-0.39, 0.29) is 23.2 Å². The third-order valence-corrected chi connectivity index (χ3v) is 2.72. The zero-order valence-electron chi connectivity index (χ0n) is 9.64. The topological polar surface area (TPSA) is 68.3 Å². The number of carbonyl (C=O) groups is 2. The number of nitrogens with zero attached hydrogens (tertiary/aromatic N) is 1. The van der Waals surface area contributed by atoms with E-state index in [4.69, 9.17) is 0 Å². The fourth-order valence-corrected chi connectivity index (χ4v) is 1.27. The fourth-order valence-electron chi connectivity index (χ4n) is 1.10. The van der Waals surface area contributed by atoms with E-state index in [1.165, 1.54) is 13.3 Å². The minimum Gasteiger partial charge on any atom is -0.465 e. The molecule has 1 atom stereocenters. The van der Waals surface area contributed by atoms with Crippen molar-refractivity contribution in [3.63, 3.8) is 0 Å². The molecule has 0 fully saturated rings. The molecule has 0 saturated heterocycles. The lowest BCUT2D eigenvalue weighted by molar-refractivity contribution is -0.118. The second-order valence-electron chi connectivity index (χ2n) is 3.46. The van der Waals surface area contributed by atoms with Crippen molar-refractivity contribution in [2.24, 2.45) is 5.92 Å². The van der Waals surface area contributed by atoms with Gasteiger partial charge < -0.3 is 10.1 Å². The average Bonchev–Trinajstić information content (AvgIpc) is 2.37. The van der Waals surface area contributed by atoms with Crippen LogP contribution in [0.2, 0.25) is 0 Å². The number of amides is 1. The summed E-state index contributed by atoms with van der Waals surface area (Å²) >= 11 is 4.03. The first kappa shape index (κ1) is 13.5. The van der Waals surface area contributed by atoms with E-state index in [2.05, 4.69) is 27.7 Å². The molecule has 0 aliphatic heterocycles. The SMILES string of the molecule is COC(=O)c1cccnc1NC(=O)C(C)CS. The average molecular weight is 254 g/mol. The van der Waals surface area contributed by atoms with Crippen LogP contribution in [0.4, 0.5) is 5.82 Å². The normalized spacial score (nSPS) is 11.7. The van der Waals surface area contributed by atoms with Gasteiger partial charge in [0.15, 0.2) is 0 Å². The second-order valence-corrected chi connectivity index (χ2v) is 3.83. The van der Waals surface area contributed by atoms with Crippen molar-refractivity contribution in [1.82, 2.24) is 4.98 Å². The third kappa shape index (κ3) is 3.45. The highest BCUT2D eigenvalue weighted by atomic mass is 32.1. The molecule has 0 saturated carbocycles. The lowest BCUT2D eigenvalue weighted by atomic mass is 10.2. The van der Waals surface area contributed by atoms with Gasteiger partial charge in [0.1, 0.15) is 11.4 Å². The van der Waals surface area contributed by atoms with Crippen molar-refractivity contribution in [3.05, 3.63) is 23.9 Å². The van der Waals surface area contributed by atoms with Crippen LogP contribution in [-0.2, 0) is 9.53 Å². The van der Waals surface area contributed by atoms with Gasteiger partial charge in [-0.05, 0) is 12.1 Å². The van der Waals surface area contributed by atoms with Crippen molar-refractivity contribution in [2.75, 3.05) is 18.2 Å². The van der Waals surface area contributed by atoms with E-state index in [1.807, 2.05) is 0 Å². The van der Waals surface area contributed by atoms with Crippen LogP contribution in [0.3, 0.4) is 0 Å². The molecular formula is C11H14N2O3S. The molecule has 0 spiro atoms. The Bertz CT molecular complexity index is 423. The number of esters is 1. The van der Waals surface area contributed by atoms with E-state index in [1.54, 1.807) is 19.1 Å². The van der Waals surface area contributed by atoms with Gasteiger partial charge in [0.2, 0.25) is 5.91 Å². The summed E-state index contributed by atoms with van der Waals surface area (Å²) in [5.41, 5.74) is 0.231. The maximum Gasteiger partial charge on any atom is 0.341 e. The Kier molecular flexibility index (Phi) is 4.96. The first-order valence-corrected chi connectivity index (χ1v) is 5.68. The van der Waals surface area contributed by atoms with Crippen LogP contribution in [0.5, 0.6) is 0 Å². The number of nitrogens with one attached hydrogen (secondary N) is 1. The van der Waals surface area contributed by atoms with Crippen LogP contribution >= 0.6 is 12.6 Å². The van der Waals surface area contributed by atoms with Gasteiger partial charge in [0.25, 0.3) is 0 Å². The Balaban J connectivity index is 2.91. The lowest BCUT2D eigenvalue weighted by Crippen LogP contribution is -2.23. The van der Waals surface area contributed by atoms with Crippen molar-refractivity contribution in [1.29, 1.82) is 0 Å². The largest absolute Gasteiger partial charge is 0.465 e. The van der Waals surface area contributed by atoms with Crippen molar-refractivity contribution < 1.29 is 14.3 Å². The van der Waals surface area contributed by atoms with E-state index < -0.39 is 5.97 Å². The highest BCUT2D eigenvalue weighted by Gasteiger charge is 2.17. The van der Waals surface area contributed by atoms with Crippen LogP contribution in [0.15, 0.2) is 18.3 Å². The van der Waals surface area contributed by atoms with Crippen molar-refractivity contribution in [3.8, 4) is 0 Å². The molecule has 92 valence electrons. The highest BCUT2D eigenvalue weighted by Crippen LogP contribution is 2.14. The number of thiol groups is 1. The molecule has 17 heavy (non-hydrogen) atoms. The Morgan fingerprint density at radius 3 is 2.88 bits per heavy atom. The van der Waals surface area contributed by atoms with Gasteiger partial charge in [-0.1, -0.05) is 6.92 Å². The number of carbonyl (C=O) groups excluding carboxylic acids is 2. The summed E-state index contributed by atoms with van der Waals surface area (Å²) in [4.78, 5) is 27.0. The molecule has 1 N–H and O–H groups in total. The predicted molar refractivity (Wildman–Crippen MR) is 67.2 cm³/mol. The molecule has 6 heteroatoms. The maximum absolute atomic E-state index is 11.7. The number of ether oxygens (including phenoxy) is 1. The first-order chi connectivity index (χ1) is 8.10. The Morgan fingerprint density at radius 1 is 1.59 bits per heavy atom. The molecule has 1 rings (SSSR count). The monoisotopic (exact) mass is 254 g/mol. The molecule has 0 aliphatic rings. The molecule has 5 nitrogen and oxygen atoms in total. The van der Waals surface area contributed by atoms with Crippen LogP contribution < -0.4 is 5.32 Å². The molecule has 1 amide bonds. The molecular weight excluding hydrogens is 240 g/mol. The second kappa shape index (κ2) is 6.24. The third-order valence-electron chi connectivity index (χ3n) is 2.18. The van der Waals surface area contributed by atoms with Crippen molar-refractivity contribution in [2.45, 2.75) is 6.92 Å². The van der Waals surface area contributed by atoms with Crippen molar-refractivity contribution >= 4 is 30.3 Å². The Morgan fingerprint density at radius 2 is 2.29 bits per heavy atom. The summed E-state index contributed by atoms with van der Waals surface area (Å²) in [5, 5.41) is 2.58. The summed E-state index contributed by atoms with van der Waals surface area (Å²) in [7, 11) is 1.28. The molecule has 1 aromatic rings. The van der Waals surface area contributed by atoms with Gasteiger partial charge in [-0.3, -0.25) is 4.79 Å². The van der Waals surface area contributed by atoms with Gasteiger partial charge in [-0.25, -0.2) is 9.78 Å². The first-order valence-electron chi connectivity index (χ1n) is 5.05. The summed E-state index contributed by atoms with van der Waals surface area (Å²) in [5.74, 6) is -0.397. The fraction of sp³-hybridized carbons (Fsp3) is 0.364. The molecule has 0 bridgehead atoms. The number of anilines is 1. The summed E-state index contributed by atoms with van der Waals surface area (Å²) in [6, 6.07) is 3.14. The zero-order valence-corrected chi connectivity index (χ0v) is 10.5. The van der Waals surface area contributed by atoms with Gasteiger partial charge in [-0.15, -0.1) is 0 Å². The van der Waals surface area contributed by atoms with E-state index in [0.717, 1.165) is 0 Å². The molecule has 1 unspecified atom stereocenters. The summed E-state index contributed by atoms with van der Waals surface area (Å²) < 4.78 is 4.60. The van der Waals surface area contributed by atoms with E-state index in [0.29, 0.717) is 5.75 Å². The standard InChI is InChI=1S/C11H14N2O3S/c1-7(6-17)10(14)13-9-8(11(15)16-2)4-3-5-12-9/h3-5,7,17H,6H2,1-2H3,(H,12,13,14). The van der Waals surface area contributed by atoms with Gasteiger partial charge >= 0.3 is 5.97 Å². The van der Waals surface area contributed by atoms with Crippen LogP contribution in [-0.4, -0.2) is 29.7 Å². The number of hydrogen-bond donors (Lipinski definition) is 2. The Labute approximate surface area is 105 Å². The maximum atomic E-state index is 11.7. The highest BCUT2D eigenvalue weighted by molar-refractivity contribution is 7.80. The number of hydrogen-bond acceptors (Lipinski definition) is 5. The predicted octanol–water partition coefficient (Wildman–Crippen LogP) is 1.37. The van der Waals surface area contributed by atoms with Crippen LogP contribution in [0, 0.1) is 5.92 Å². The molecule has 0 aromatic carbocycles. The van der Waals surface area contributed by atoms with Gasteiger partial charge in [0, 0.05) is 17.9 Å². The summed E-state index contributed by atoms with van der Waals surface area (Å²) in [6.45, 7) is 1.74. The smallest absolute Gasteiger partial charge is 0.341 e. The molecule has 1 aromatic heterocycles. The van der Waals surface area contributed by atoms with Gasteiger partial charge in [-0.2, -0.15) is 12.6 Å². The molecule has 0 radical (unpaired) electrons. The molecule has 0 aliphatic carbocycles. The van der Waals surface area contributed by atoms with Gasteiger partial charge in [0.05, 0.1) is 7.11 Å². The zero-order chi connectivity index (χ0) is 12.8. The number of pyridine rings is 1. The van der Waals surface area contributed by atoms with E-state index in [9.17, 15) is 9.59 Å². The summed E-state index contributed by atoms with van der Waals surface area (Å²) in [6.07, 6.45) is 1.49. The number of methoxy groups -OCH3 is 1. The van der Waals surface area contributed by atoms with E-state index >= 15 is 0 Å². The number of rotatable bonds is 4. The molecule has 1 heterocycles. The van der Waals surface area contributed by atoms with Crippen LogP contribution in [0.1, 0.15) is 17.3 Å². The Hall–Kier alpha value is -1.56. The van der Waals surface area contributed by atoms with Crippen LogP contribution in [0.25, 0.3) is 0 Å².